The maximum atomic E-state index is 14.2. The molecule has 1 aliphatic rings. The minimum Gasteiger partial charge on any atom is -0.482 e. The van der Waals surface area contributed by atoms with Crippen molar-refractivity contribution in [3.63, 3.8) is 0 Å². The molecule has 3 aromatic heterocycles. The Kier molecular flexibility index (Phi) is 26.1. The summed E-state index contributed by atoms with van der Waals surface area (Å²) in [6, 6.07) is 31.7. The van der Waals surface area contributed by atoms with Crippen molar-refractivity contribution in [2.24, 2.45) is 0 Å². The van der Waals surface area contributed by atoms with Gasteiger partial charge in [0.1, 0.15) is 33.6 Å². The van der Waals surface area contributed by atoms with Gasteiger partial charge in [-0.1, -0.05) is 35.5 Å². The van der Waals surface area contributed by atoms with Gasteiger partial charge in [-0.05, 0) is 130 Å². The summed E-state index contributed by atoms with van der Waals surface area (Å²) in [6.45, 7) is 14.2. The summed E-state index contributed by atoms with van der Waals surface area (Å²) >= 11 is 0. The lowest BCUT2D eigenvalue weighted by Crippen LogP contribution is -2.36. The Hall–Kier alpha value is -7.95. The molecule has 1 fully saturated rings. The van der Waals surface area contributed by atoms with Crippen molar-refractivity contribution in [1.29, 1.82) is 0 Å². The number of hydrogen-bond acceptors (Lipinski definition) is 21. The lowest BCUT2D eigenvalue weighted by Gasteiger charge is -2.26. The molecule has 24 heteroatoms. The number of rotatable bonds is 24. The third kappa shape index (κ3) is 21.9. The molecule has 0 spiro atoms. The second-order valence-corrected chi connectivity index (χ2v) is 27.9. The predicted molar refractivity (Wildman–Crippen MR) is 343 cm³/mol. The zero-order valence-corrected chi connectivity index (χ0v) is 54.8. The average molecular weight is 1290 g/mol. The van der Waals surface area contributed by atoms with Crippen LogP contribution >= 0.6 is 22.1 Å². The van der Waals surface area contributed by atoms with Crippen molar-refractivity contribution < 1.29 is 70.1 Å². The van der Waals surface area contributed by atoms with Gasteiger partial charge in [0.05, 0.1) is 58.2 Å². The van der Waals surface area contributed by atoms with Crippen molar-refractivity contribution in [2.75, 3.05) is 120 Å². The molecule has 0 amide bonds. The highest BCUT2D eigenvalue weighted by Crippen LogP contribution is 2.42. The molecule has 3 atom stereocenters. The van der Waals surface area contributed by atoms with E-state index in [4.69, 9.17) is 42.7 Å². The van der Waals surface area contributed by atoms with Crippen molar-refractivity contribution in [3.8, 4) is 52.8 Å². The molecule has 90 heavy (non-hydrogen) atoms. The van der Waals surface area contributed by atoms with Gasteiger partial charge in [0, 0.05) is 112 Å². The molecule has 3 unspecified atom stereocenters. The summed E-state index contributed by atoms with van der Waals surface area (Å²) in [5.41, 5.74) is 6.46. The van der Waals surface area contributed by atoms with Crippen LogP contribution < -0.4 is 30.5 Å². The van der Waals surface area contributed by atoms with Crippen molar-refractivity contribution in [2.45, 2.75) is 40.4 Å². The lowest BCUT2D eigenvalue weighted by molar-refractivity contribution is -0.143. The van der Waals surface area contributed by atoms with E-state index in [-0.39, 0.29) is 55.9 Å². The topological polar surface area (TPSA) is 234 Å². The van der Waals surface area contributed by atoms with Gasteiger partial charge < -0.3 is 42.0 Å². The SMILES string of the molecule is CCOP(C)(=O)c1cc(C#Cc2ccc(OCC(=O)OC)cc2)cc(CN2CCN(Cc3cc(C#Cc4ccc(OCC(=O)OC)cc4)cc(P(C)(=O)OCC)n3)CCN(Cc3cc(C#Cc4ccc(OCC(=O)OC)cc4)cc(P(C)(=O)OCC)n3)CC2)n1. The van der Waals surface area contributed by atoms with E-state index < -0.39 is 40.0 Å². The number of carbonyl (C=O) groups is 3. The zero-order valence-electron chi connectivity index (χ0n) is 52.1. The van der Waals surface area contributed by atoms with E-state index in [1.54, 1.807) is 132 Å². The summed E-state index contributed by atoms with van der Waals surface area (Å²) in [6.07, 6.45) is 0. The molecule has 4 heterocycles. The maximum Gasteiger partial charge on any atom is 0.343 e. The van der Waals surface area contributed by atoms with Crippen LogP contribution in [0.25, 0.3) is 0 Å². The van der Waals surface area contributed by atoms with Crippen LogP contribution in [-0.2, 0) is 75.5 Å². The highest BCUT2D eigenvalue weighted by Gasteiger charge is 2.27. The van der Waals surface area contributed by atoms with Crippen LogP contribution in [0.4, 0.5) is 0 Å². The molecule has 6 aromatic rings. The first-order chi connectivity index (χ1) is 43.2. The first kappa shape index (κ1) is 69.5. The Bertz CT molecular complexity index is 3410. The van der Waals surface area contributed by atoms with Crippen LogP contribution in [-0.4, -0.2) is 168 Å². The number of esters is 3. The molecular formula is C66H75N6O15P3. The van der Waals surface area contributed by atoms with Gasteiger partial charge in [0.25, 0.3) is 0 Å². The molecule has 0 aliphatic carbocycles. The smallest absolute Gasteiger partial charge is 0.343 e. The summed E-state index contributed by atoms with van der Waals surface area (Å²) in [5, 5.41) is 0. The molecule has 0 bridgehead atoms. The monoisotopic (exact) mass is 1280 g/mol. The number of nitrogens with zero attached hydrogens (tertiary/aromatic N) is 6. The van der Waals surface area contributed by atoms with Gasteiger partial charge in [-0.2, -0.15) is 0 Å². The van der Waals surface area contributed by atoms with Crippen LogP contribution in [0.2, 0.25) is 0 Å². The van der Waals surface area contributed by atoms with Crippen LogP contribution in [0, 0.1) is 35.5 Å². The van der Waals surface area contributed by atoms with Gasteiger partial charge in [-0.25, -0.2) is 29.3 Å². The molecule has 0 N–H and O–H groups in total. The standard InChI is InChI=1S/C66H75N6O15P3/c1-10-85-88(7,76)61-40-52(16-13-49-19-25-58(26-20-49)82-46-64(73)79-4)37-55(67-61)43-70-31-33-71(44-56-38-53(41-62(68-56)89(8,77)86-11-2)17-14-50-21-27-59(28-22-50)83-47-65(74)80-5)35-36-72(34-32-70)45-57-39-54(42-63(69-57)90(9,78)87-12-3)18-15-51-23-29-60(30-24-51)84-48-66(75)81-6/h19-30,37-42H,10-12,31-36,43-48H2,1-9H3. The first-order valence-corrected chi connectivity index (χ1v) is 35.2. The molecular weight excluding hydrogens is 1210 g/mol. The maximum absolute atomic E-state index is 14.2. The number of methoxy groups -OCH3 is 3. The second kappa shape index (κ2) is 33.8. The Morgan fingerprint density at radius 1 is 0.389 bits per heavy atom. The fourth-order valence-electron chi connectivity index (χ4n) is 9.02. The largest absolute Gasteiger partial charge is 0.482 e. The molecule has 1 saturated heterocycles. The number of aromatic nitrogens is 3. The Morgan fingerprint density at radius 3 is 0.844 bits per heavy atom. The van der Waals surface area contributed by atoms with E-state index in [1.807, 2.05) is 18.2 Å². The number of pyridine rings is 3. The van der Waals surface area contributed by atoms with E-state index >= 15 is 0 Å². The van der Waals surface area contributed by atoms with Gasteiger partial charge in [-0.15, -0.1) is 0 Å². The average Bonchev–Trinajstić information content (AvgIpc) is 1.33. The molecule has 0 radical (unpaired) electrons. The van der Waals surface area contributed by atoms with Gasteiger partial charge in [0.15, 0.2) is 19.8 Å². The molecule has 0 saturated carbocycles. The Morgan fingerprint density at radius 2 is 0.622 bits per heavy atom. The fourth-order valence-corrected chi connectivity index (χ4v) is 12.9. The van der Waals surface area contributed by atoms with Crippen LogP contribution in [0.3, 0.4) is 0 Å². The molecule has 474 valence electrons. The van der Waals surface area contributed by atoms with Crippen molar-refractivity contribution in [3.05, 3.63) is 160 Å². The van der Waals surface area contributed by atoms with E-state index in [9.17, 15) is 28.1 Å². The first-order valence-electron chi connectivity index (χ1n) is 29.0. The molecule has 1 aliphatic heterocycles. The number of benzene rings is 3. The predicted octanol–water partition coefficient (Wildman–Crippen LogP) is 7.26. The zero-order chi connectivity index (χ0) is 64.7. The number of carbonyl (C=O) groups excluding carboxylic acids is 3. The number of ether oxygens (including phenoxy) is 6. The second-order valence-electron chi connectivity index (χ2n) is 20.7. The van der Waals surface area contributed by atoms with E-state index in [0.717, 1.165) is 0 Å². The summed E-state index contributed by atoms with van der Waals surface area (Å²) in [5.74, 6) is 19.2. The van der Waals surface area contributed by atoms with Crippen molar-refractivity contribution in [1.82, 2.24) is 29.7 Å². The minimum atomic E-state index is -3.40. The van der Waals surface area contributed by atoms with E-state index in [2.05, 4.69) is 64.4 Å². The fraction of sp³-hybridized carbons (Fsp3) is 0.364. The van der Waals surface area contributed by atoms with Crippen LogP contribution in [0.5, 0.6) is 17.2 Å². The van der Waals surface area contributed by atoms with E-state index in [0.29, 0.717) is 127 Å². The normalized spacial score (nSPS) is 14.9. The molecule has 21 nitrogen and oxygen atoms in total. The third-order valence-corrected chi connectivity index (χ3v) is 19.1. The Labute approximate surface area is 526 Å². The third-order valence-electron chi connectivity index (χ3n) is 13.7. The van der Waals surface area contributed by atoms with Gasteiger partial charge in [-0.3, -0.25) is 28.4 Å². The summed E-state index contributed by atoms with van der Waals surface area (Å²) in [4.78, 5) is 56.7. The van der Waals surface area contributed by atoms with Crippen LogP contribution in [0.15, 0.2) is 109 Å². The van der Waals surface area contributed by atoms with E-state index in [1.165, 1.54) is 21.3 Å². The highest BCUT2D eigenvalue weighted by molar-refractivity contribution is 7.66. The van der Waals surface area contributed by atoms with Crippen LogP contribution in [0.1, 0.15) is 71.2 Å². The molecule has 3 aromatic carbocycles. The Balaban J connectivity index is 1.24. The number of hydrogen-bond donors (Lipinski definition) is 0. The van der Waals surface area contributed by atoms with Gasteiger partial charge >= 0.3 is 17.9 Å². The summed E-state index contributed by atoms with van der Waals surface area (Å²) < 4.78 is 90.5. The quantitative estimate of drug-likeness (QED) is 0.0251. The summed E-state index contributed by atoms with van der Waals surface area (Å²) in [7, 11) is -6.34. The van der Waals surface area contributed by atoms with Gasteiger partial charge in [0.2, 0.25) is 22.1 Å². The van der Waals surface area contributed by atoms with Crippen molar-refractivity contribution >= 4 is 56.3 Å². The highest BCUT2D eigenvalue weighted by atomic mass is 31.2. The lowest BCUT2D eigenvalue weighted by atomic mass is 10.1. The minimum absolute atomic E-state index is 0.207. The molecule has 7 rings (SSSR count).